The van der Waals surface area contributed by atoms with Crippen molar-refractivity contribution in [2.45, 2.75) is 19.0 Å². The van der Waals surface area contributed by atoms with E-state index in [1.807, 2.05) is 34.9 Å². The molecule has 2 saturated heterocycles. The first-order valence-corrected chi connectivity index (χ1v) is 9.09. The van der Waals surface area contributed by atoms with Crippen LogP contribution < -0.4 is 4.90 Å². The van der Waals surface area contributed by atoms with Gasteiger partial charge in [-0.25, -0.2) is 8.42 Å². The van der Waals surface area contributed by atoms with E-state index in [4.69, 9.17) is 23.8 Å². The van der Waals surface area contributed by atoms with E-state index in [1.54, 1.807) is 6.07 Å². The summed E-state index contributed by atoms with van der Waals surface area (Å²) < 4.78 is 23.9. The van der Waals surface area contributed by atoms with Gasteiger partial charge in [-0.1, -0.05) is 17.7 Å². The molecule has 0 aliphatic carbocycles. The van der Waals surface area contributed by atoms with Gasteiger partial charge >= 0.3 is 0 Å². The van der Waals surface area contributed by atoms with Gasteiger partial charge in [0.15, 0.2) is 14.9 Å². The van der Waals surface area contributed by atoms with E-state index >= 15 is 0 Å². The van der Waals surface area contributed by atoms with E-state index in [0.717, 1.165) is 5.69 Å². The summed E-state index contributed by atoms with van der Waals surface area (Å²) in [5, 5.41) is 1.32. The Kier molecular flexibility index (Phi) is 3.43. The Bertz CT molecular complexity index is 662. The van der Waals surface area contributed by atoms with Crippen molar-refractivity contribution in [2.75, 3.05) is 23.0 Å². The van der Waals surface area contributed by atoms with Crippen LogP contribution in [0.5, 0.6) is 0 Å². The van der Waals surface area contributed by atoms with Crippen molar-refractivity contribution < 1.29 is 8.42 Å². The van der Waals surface area contributed by atoms with E-state index in [0.29, 0.717) is 16.7 Å². The molecule has 0 radical (unpaired) electrons. The second-order valence-corrected chi connectivity index (χ2v) is 8.09. The van der Waals surface area contributed by atoms with Crippen LogP contribution in [0.3, 0.4) is 0 Å². The molecule has 2 aliphatic rings. The van der Waals surface area contributed by atoms with Crippen molar-refractivity contribution in [3.63, 3.8) is 0 Å². The highest BCUT2D eigenvalue weighted by atomic mass is 35.5. The highest BCUT2D eigenvalue weighted by Gasteiger charge is 2.51. The molecule has 2 fully saturated rings. The van der Waals surface area contributed by atoms with E-state index in [1.165, 1.54) is 0 Å². The molecular weight excluding hydrogens is 316 g/mol. The summed E-state index contributed by atoms with van der Waals surface area (Å²) in [5.41, 5.74) is 0.866. The molecule has 0 N–H and O–H groups in total. The molecule has 108 valence electrons. The lowest BCUT2D eigenvalue weighted by molar-refractivity contribution is 0.373. The molecule has 0 bridgehead atoms. The smallest absolute Gasteiger partial charge is 0.176 e. The van der Waals surface area contributed by atoms with Gasteiger partial charge in [0.2, 0.25) is 0 Å². The summed E-state index contributed by atoms with van der Waals surface area (Å²) in [4.78, 5) is 3.95. The lowest BCUT2D eigenvalue weighted by Gasteiger charge is -2.24. The Morgan fingerprint density at radius 3 is 2.70 bits per heavy atom. The zero-order chi connectivity index (χ0) is 14.5. The van der Waals surface area contributed by atoms with Crippen LogP contribution in [0.1, 0.15) is 6.92 Å². The van der Waals surface area contributed by atoms with Gasteiger partial charge in [-0.15, -0.1) is 0 Å². The summed E-state index contributed by atoms with van der Waals surface area (Å²) in [6, 6.07) is 7.24. The number of anilines is 1. The second kappa shape index (κ2) is 4.86. The van der Waals surface area contributed by atoms with Crippen LogP contribution in [0.15, 0.2) is 24.3 Å². The third-order valence-corrected chi connectivity index (χ3v) is 6.27. The number of hydrogen-bond donors (Lipinski definition) is 0. The largest absolute Gasteiger partial charge is 0.343 e. The molecule has 3 rings (SSSR count). The van der Waals surface area contributed by atoms with Crippen LogP contribution in [0.25, 0.3) is 0 Å². The Balaban J connectivity index is 2.04. The van der Waals surface area contributed by atoms with Crippen LogP contribution in [-0.2, 0) is 9.84 Å². The number of halogens is 1. The highest BCUT2D eigenvalue weighted by molar-refractivity contribution is 7.91. The molecular formula is C13H15ClN2O2S2. The summed E-state index contributed by atoms with van der Waals surface area (Å²) in [6.07, 6.45) is 0. The van der Waals surface area contributed by atoms with Crippen molar-refractivity contribution in [2.24, 2.45) is 0 Å². The summed E-state index contributed by atoms with van der Waals surface area (Å²) in [6.45, 7) is 2.71. The van der Waals surface area contributed by atoms with E-state index < -0.39 is 9.84 Å². The van der Waals surface area contributed by atoms with Crippen LogP contribution >= 0.6 is 23.8 Å². The maximum absolute atomic E-state index is 11.9. The van der Waals surface area contributed by atoms with Gasteiger partial charge in [0.1, 0.15) is 0 Å². The fourth-order valence-corrected chi connectivity index (χ4v) is 5.71. The first kappa shape index (κ1) is 14.1. The minimum absolute atomic E-state index is 0.0449. The lowest BCUT2D eigenvalue weighted by Crippen LogP contribution is -2.37. The zero-order valence-electron chi connectivity index (χ0n) is 11.0. The SMILES string of the molecule is CCN1C(=S)N(c2cccc(Cl)c2)[C@@H]2CS(=O)(=O)C[C@H]21. The topological polar surface area (TPSA) is 40.6 Å². The van der Waals surface area contributed by atoms with Gasteiger partial charge in [-0.2, -0.15) is 0 Å². The molecule has 2 atom stereocenters. The third kappa shape index (κ3) is 2.19. The van der Waals surface area contributed by atoms with Crippen molar-refractivity contribution in [3.8, 4) is 0 Å². The van der Waals surface area contributed by atoms with E-state index in [-0.39, 0.29) is 23.6 Å². The van der Waals surface area contributed by atoms with Gasteiger partial charge in [-0.3, -0.25) is 0 Å². The second-order valence-electron chi connectivity index (χ2n) is 5.13. The third-order valence-electron chi connectivity index (χ3n) is 3.90. The molecule has 2 aliphatic heterocycles. The fraction of sp³-hybridized carbons (Fsp3) is 0.462. The number of sulfone groups is 1. The molecule has 7 heteroatoms. The molecule has 1 aromatic carbocycles. The minimum atomic E-state index is -3.00. The van der Waals surface area contributed by atoms with Gasteiger partial charge in [0.05, 0.1) is 23.6 Å². The molecule has 4 nitrogen and oxygen atoms in total. The molecule has 20 heavy (non-hydrogen) atoms. The number of fused-ring (bicyclic) bond motifs is 1. The Labute approximate surface area is 129 Å². The Hall–Kier alpha value is -0.850. The predicted octanol–water partition coefficient (Wildman–Crippen LogP) is 1.93. The predicted molar refractivity (Wildman–Crippen MR) is 85.1 cm³/mol. The van der Waals surface area contributed by atoms with Crippen LogP contribution in [0, 0.1) is 0 Å². The molecule has 2 heterocycles. The summed E-state index contributed by atoms with van der Waals surface area (Å²) in [7, 11) is -3.00. The van der Waals surface area contributed by atoms with Crippen molar-refractivity contribution in [1.82, 2.24) is 4.90 Å². The monoisotopic (exact) mass is 330 g/mol. The van der Waals surface area contributed by atoms with Gasteiger partial charge in [0, 0.05) is 17.3 Å². The summed E-state index contributed by atoms with van der Waals surface area (Å²) in [5.74, 6) is 0.337. The lowest BCUT2D eigenvalue weighted by atomic mass is 10.1. The minimum Gasteiger partial charge on any atom is -0.343 e. The zero-order valence-corrected chi connectivity index (χ0v) is 13.4. The maximum atomic E-state index is 11.9. The van der Waals surface area contributed by atoms with Crippen molar-refractivity contribution in [1.29, 1.82) is 0 Å². The van der Waals surface area contributed by atoms with E-state index in [9.17, 15) is 8.42 Å². The Morgan fingerprint density at radius 2 is 2.05 bits per heavy atom. The standard InChI is InChI=1S/C13H15ClN2O2S2/c1-2-15-11-7-20(17,18)8-12(11)16(13(15)19)10-5-3-4-9(14)6-10/h3-6,11-12H,2,7-8H2,1H3/t11-,12-/m1/s1. The normalized spacial score (nSPS) is 28.0. The van der Waals surface area contributed by atoms with E-state index in [2.05, 4.69) is 0 Å². The fourth-order valence-electron chi connectivity index (χ4n) is 3.07. The van der Waals surface area contributed by atoms with Gasteiger partial charge < -0.3 is 9.80 Å². The maximum Gasteiger partial charge on any atom is 0.176 e. The number of rotatable bonds is 2. The average molecular weight is 331 g/mol. The van der Waals surface area contributed by atoms with Crippen molar-refractivity contribution in [3.05, 3.63) is 29.3 Å². The number of likely N-dealkylation sites (N-methyl/N-ethyl adjacent to an activating group) is 1. The number of hydrogen-bond acceptors (Lipinski definition) is 3. The average Bonchev–Trinajstić information content (AvgIpc) is 2.78. The molecule has 1 aromatic rings. The number of benzene rings is 1. The molecule has 0 unspecified atom stereocenters. The van der Waals surface area contributed by atoms with Gasteiger partial charge in [0.25, 0.3) is 0 Å². The summed E-state index contributed by atoms with van der Waals surface area (Å²) >= 11 is 11.6. The quantitative estimate of drug-likeness (QED) is 0.775. The molecule has 0 saturated carbocycles. The van der Waals surface area contributed by atoms with Crippen LogP contribution in [0.2, 0.25) is 5.02 Å². The van der Waals surface area contributed by atoms with Crippen molar-refractivity contribution >= 4 is 44.5 Å². The van der Waals surface area contributed by atoms with Crippen LogP contribution in [-0.4, -0.2) is 48.6 Å². The molecule has 0 amide bonds. The first-order chi connectivity index (χ1) is 9.43. The molecule has 0 spiro atoms. The van der Waals surface area contributed by atoms with Crippen LogP contribution in [0.4, 0.5) is 5.69 Å². The van der Waals surface area contributed by atoms with Gasteiger partial charge in [-0.05, 0) is 37.3 Å². The number of nitrogens with zero attached hydrogens (tertiary/aromatic N) is 2. The Morgan fingerprint density at radius 1 is 1.35 bits per heavy atom. The highest BCUT2D eigenvalue weighted by Crippen LogP contribution is 2.35. The number of thiocarbonyl (C=S) groups is 1. The molecule has 0 aromatic heterocycles. The first-order valence-electron chi connectivity index (χ1n) is 6.49.